The summed E-state index contributed by atoms with van der Waals surface area (Å²) in [4.78, 5) is 24.0. The van der Waals surface area contributed by atoms with Gasteiger partial charge in [-0.25, -0.2) is 4.57 Å². The number of aromatic nitrogens is 3. The molecule has 0 atom stereocenters. The van der Waals surface area contributed by atoms with E-state index in [0.29, 0.717) is 11.0 Å². The summed E-state index contributed by atoms with van der Waals surface area (Å²) < 4.78 is 1.43. The third-order valence-electron chi connectivity index (χ3n) is 3.12. The van der Waals surface area contributed by atoms with Gasteiger partial charge in [-0.1, -0.05) is 30.0 Å². The lowest BCUT2D eigenvalue weighted by Gasteiger charge is -2.06. The number of hydrogen-bond acceptors (Lipinski definition) is 6. The van der Waals surface area contributed by atoms with Crippen molar-refractivity contribution in [3.63, 3.8) is 0 Å². The van der Waals surface area contributed by atoms with E-state index < -0.39 is 0 Å². The number of benzene rings is 1. The molecule has 2 heterocycles. The lowest BCUT2D eigenvalue weighted by atomic mass is 10.3. The van der Waals surface area contributed by atoms with E-state index >= 15 is 0 Å². The number of carbonyl (C=O) groups excluding carboxylic acids is 2. The van der Waals surface area contributed by atoms with E-state index in [2.05, 4.69) is 15.5 Å². The Morgan fingerprint density at radius 3 is 2.67 bits per heavy atom. The smallest absolute Gasteiger partial charge is 0.234 e. The lowest BCUT2D eigenvalue weighted by Crippen LogP contribution is -2.15. The van der Waals surface area contributed by atoms with Crippen molar-refractivity contribution in [2.45, 2.75) is 12.1 Å². The van der Waals surface area contributed by atoms with Crippen LogP contribution in [0.3, 0.4) is 0 Å². The van der Waals surface area contributed by atoms with Crippen molar-refractivity contribution in [1.82, 2.24) is 14.8 Å². The van der Waals surface area contributed by atoms with Gasteiger partial charge in [0.2, 0.25) is 11.8 Å². The van der Waals surface area contributed by atoms with Crippen LogP contribution in [0.25, 0.3) is 11.4 Å². The second kappa shape index (κ2) is 7.41. The first-order valence-corrected chi connectivity index (χ1v) is 9.04. The molecule has 0 unspecified atom stereocenters. The van der Waals surface area contributed by atoms with Gasteiger partial charge in [0.15, 0.2) is 11.0 Å². The minimum absolute atomic E-state index is 0.143. The summed E-state index contributed by atoms with van der Waals surface area (Å²) in [7, 11) is 0. The molecule has 0 spiro atoms. The van der Waals surface area contributed by atoms with E-state index in [1.165, 1.54) is 34.6 Å². The zero-order valence-electron chi connectivity index (χ0n) is 12.8. The first-order chi connectivity index (χ1) is 11.6. The van der Waals surface area contributed by atoms with E-state index in [1.54, 1.807) is 0 Å². The van der Waals surface area contributed by atoms with Crippen molar-refractivity contribution in [3.05, 3.63) is 47.2 Å². The monoisotopic (exact) mass is 358 g/mol. The molecule has 122 valence electrons. The molecule has 0 aliphatic heterocycles. The standard InChI is InChI=1S/C16H14N4O2S2/c1-11(21)20-15(12-7-8-23-9-12)18-19-16(20)24-10-14(22)17-13-5-3-2-4-6-13/h2-9H,10H2,1H3,(H,17,22). The molecule has 8 heteroatoms. The number of amides is 1. The van der Waals surface area contributed by atoms with Crippen molar-refractivity contribution < 1.29 is 9.59 Å². The van der Waals surface area contributed by atoms with E-state index in [4.69, 9.17) is 0 Å². The van der Waals surface area contributed by atoms with Gasteiger partial charge in [-0.15, -0.1) is 10.2 Å². The molecule has 6 nitrogen and oxygen atoms in total. The molecule has 0 aliphatic carbocycles. The highest BCUT2D eigenvalue weighted by atomic mass is 32.2. The van der Waals surface area contributed by atoms with Gasteiger partial charge in [-0.3, -0.25) is 9.59 Å². The fraction of sp³-hybridized carbons (Fsp3) is 0.125. The zero-order valence-corrected chi connectivity index (χ0v) is 14.4. The molecule has 24 heavy (non-hydrogen) atoms. The Morgan fingerprint density at radius 2 is 2.00 bits per heavy atom. The molecule has 1 amide bonds. The van der Waals surface area contributed by atoms with E-state index in [-0.39, 0.29) is 17.6 Å². The highest BCUT2D eigenvalue weighted by Crippen LogP contribution is 2.25. The Labute approximate surface area is 146 Å². The number of carbonyl (C=O) groups is 2. The minimum atomic E-state index is -0.188. The van der Waals surface area contributed by atoms with E-state index in [1.807, 2.05) is 47.2 Å². The maximum Gasteiger partial charge on any atom is 0.234 e. The summed E-state index contributed by atoms with van der Waals surface area (Å²) in [6.07, 6.45) is 0. The third kappa shape index (κ3) is 3.72. The molecular weight excluding hydrogens is 344 g/mol. The molecule has 0 fully saturated rings. The number of hydrogen-bond donors (Lipinski definition) is 1. The molecule has 2 aromatic heterocycles. The molecule has 1 aromatic carbocycles. The number of nitrogens with zero attached hydrogens (tertiary/aromatic N) is 3. The Kier molecular flexibility index (Phi) is 5.07. The van der Waals surface area contributed by atoms with Crippen LogP contribution in [-0.2, 0) is 4.79 Å². The SMILES string of the molecule is CC(=O)n1c(SCC(=O)Nc2ccccc2)nnc1-c1ccsc1. The fourth-order valence-electron chi connectivity index (χ4n) is 2.07. The number of nitrogens with one attached hydrogen (secondary N) is 1. The van der Waals surface area contributed by atoms with E-state index in [9.17, 15) is 9.59 Å². The summed E-state index contributed by atoms with van der Waals surface area (Å²) >= 11 is 2.70. The van der Waals surface area contributed by atoms with Crippen LogP contribution < -0.4 is 5.32 Å². The quantitative estimate of drug-likeness (QED) is 0.708. The maximum absolute atomic E-state index is 12.0. The Hall–Kier alpha value is -2.45. The van der Waals surface area contributed by atoms with Crippen LogP contribution in [0, 0.1) is 0 Å². The maximum atomic E-state index is 12.0. The second-order valence-corrected chi connectivity index (χ2v) is 6.60. The Morgan fingerprint density at radius 1 is 1.21 bits per heavy atom. The first kappa shape index (κ1) is 16.4. The highest BCUT2D eigenvalue weighted by Gasteiger charge is 2.18. The molecule has 0 bridgehead atoms. The van der Waals surface area contributed by atoms with Crippen LogP contribution in [-0.4, -0.2) is 32.3 Å². The van der Waals surface area contributed by atoms with Crippen molar-refractivity contribution >= 4 is 40.6 Å². The minimum Gasteiger partial charge on any atom is -0.325 e. The van der Waals surface area contributed by atoms with E-state index in [0.717, 1.165) is 11.3 Å². The summed E-state index contributed by atoms with van der Waals surface area (Å²) in [6.45, 7) is 1.45. The molecule has 0 radical (unpaired) electrons. The largest absolute Gasteiger partial charge is 0.325 e. The molecule has 0 saturated carbocycles. The predicted molar refractivity (Wildman–Crippen MR) is 95.4 cm³/mol. The second-order valence-electron chi connectivity index (χ2n) is 4.88. The van der Waals surface area contributed by atoms with Gasteiger partial charge in [0.25, 0.3) is 0 Å². The first-order valence-electron chi connectivity index (χ1n) is 7.12. The summed E-state index contributed by atoms with van der Waals surface area (Å²) in [5.74, 6) is 0.285. The number of thioether (sulfide) groups is 1. The summed E-state index contributed by atoms with van der Waals surface area (Å²) in [6, 6.07) is 11.1. The van der Waals surface area contributed by atoms with Crippen LogP contribution in [0.15, 0.2) is 52.3 Å². The Balaban J connectivity index is 1.71. The number of thiophene rings is 1. The van der Waals surface area contributed by atoms with Crippen molar-refractivity contribution in [1.29, 1.82) is 0 Å². The predicted octanol–water partition coefficient (Wildman–Crippen LogP) is 3.40. The van der Waals surface area contributed by atoms with Gasteiger partial charge >= 0.3 is 0 Å². The highest BCUT2D eigenvalue weighted by molar-refractivity contribution is 7.99. The van der Waals surface area contributed by atoms with Gasteiger partial charge in [0, 0.05) is 23.6 Å². The molecular formula is C16H14N4O2S2. The molecule has 3 aromatic rings. The number of anilines is 1. The average Bonchev–Trinajstić information content (AvgIpc) is 3.23. The van der Waals surface area contributed by atoms with Crippen LogP contribution in [0.2, 0.25) is 0 Å². The van der Waals surface area contributed by atoms with Crippen molar-refractivity contribution in [3.8, 4) is 11.4 Å². The van der Waals surface area contributed by atoms with Crippen LogP contribution in [0.4, 0.5) is 5.69 Å². The number of rotatable bonds is 5. The van der Waals surface area contributed by atoms with Gasteiger partial charge in [-0.05, 0) is 23.6 Å². The topological polar surface area (TPSA) is 76.9 Å². The van der Waals surface area contributed by atoms with Crippen molar-refractivity contribution in [2.24, 2.45) is 0 Å². The fourth-order valence-corrected chi connectivity index (χ4v) is 3.48. The molecule has 1 N–H and O–H groups in total. The summed E-state index contributed by atoms with van der Waals surface area (Å²) in [5, 5.41) is 15.2. The Bertz CT molecular complexity index is 844. The van der Waals surface area contributed by atoms with Gasteiger partial charge in [-0.2, -0.15) is 11.3 Å². The van der Waals surface area contributed by atoms with Crippen LogP contribution in [0.1, 0.15) is 11.7 Å². The molecule has 0 aliphatic rings. The zero-order chi connectivity index (χ0) is 16.9. The normalized spacial score (nSPS) is 10.5. The molecule has 0 saturated heterocycles. The third-order valence-corrected chi connectivity index (χ3v) is 4.73. The lowest BCUT2D eigenvalue weighted by molar-refractivity contribution is -0.113. The van der Waals surface area contributed by atoms with Gasteiger partial charge in [0.05, 0.1) is 5.75 Å². The van der Waals surface area contributed by atoms with Crippen LogP contribution >= 0.6 is 23.1 Å². The van der Waals surface area contributed by atoms with Gasteiger partial charge in [0.1, 0.15) is 0 Å². The van der Waals surface area contributed by atoms with Crippen LogP contribution in [0.5, 0.6) is 0 Å². The average molecular weight is 358 g/mol. The number of para-hydroxylation sites is 1. The summed E-state index contributed by atoms with van der Waals surface area (Å²) in [5.41, 5.74) is 1.57. The van der Waals surface area contributed by atoms with Gasteiger partial charge < -0.3 is 5.32 Å². The van der Waals surface area contributed by atoms with Crippen molar-refractivity contribution in [2.75, 3.05) is 11.1 Å². The molecule has 3 rings (SSSR count).